The minimum atomic E-state index is -0.0799. The monoisotopic (exact) mass is 372 g/mol. The van der Waals surface area contributed by atoms with Gasteiger partial charge in [0, 0.05) is 12.6 Å². The van der Waals surface area contributed by atoms with Gasteiger partial charge >= 0.3 is 0 Å². The van der Waals surface area contributed by atoms with Crippen molar-refractivity contribution < 1.29 is 4.79 Å². The second kappa shape index (κ2) is 7.33. The summed E-state index contributed by atoms with van der Waals surface area (Å²) in [5.41, 5.74) is 3.92. The summed E-state index contributed by atoms with van der Waals surface area (Å²) in [6.45, 7) is 2.02. The molecular weight excluding hydrogens is 352 g/mol. The molecule has 0 aliphatic heterocycles. The minimum Gasteiger partial charge on any atom is -0.333 e. The molecule has 1 aromatic heterocycles. The van der Waals surface area contributed by atoms with E-state index in [2.05, 4.69) is 23.2 Å². The van der Waals surface area contributed by atoms with Crippen LogP contribution in [0.2, 0.25) is 0 Å². The fourth-order valence-electron chi connectivity index (χ4n) is 3.05. The zero-order valence-electron chi connectivity index (χ0n) is 15.3. The van der Waals surface area contributed by atoms with Gasteiger partial charge in [-0.15, -0.1) is 11.3 Å². The summed E-state index contributed by atoms with van der Waals surface area (Å²) in [6.07, 6.45) is 0. The van der Waals surface area contributed by atoms with Crippen molar-refractivity contribution in [1.29, 1.82) is 0 Å². The third-order valence-electron chi connectivity index (χ3n) is 4.81. The predicted octanol–water partition coefficient (Wildman–Crippen LogP) is 5.80. The van der Waals surface area contributed by atoms with Crippen LogP contribution in [0.25, 0.3) is 21.3 Å². The van der Waals surface area contributed by atoms with Crippen molar-refractivity contribution in [1.82, 2.24) is 9.88 Å². The van der Waals surface area contributed by atoms with Crippen molar-refractivity contribution >= 4 is 27.5 Å². The topological polar surface area (TPSA) is 33.2 Å². The van der Waals surface area contributed by atoms with Gasteiger partial charge in [0.25, 0.3) is 5.91 Å². The Morgan fingerprint density at radius 3 is 2.22 bits per heavy atom. The molecule has 0 bridgehead atoms. The smallest absolute Gasteiger partial charge is 0.254 e. The average Bonchev–Trinajstić information content (AvgIpc) is 3.17. The molecule has 0 aliphatic rings. The summed E-state index contributed by atoms with van der Waals surface area (Å²) < 4.78 is 1.15. The van der Waals surface area contributed by atoms with Crippen molar-refractivity contribution in [3.63, 3.8) is 0 Å². The Kier molecular flexibility index (Phi) is 4.73. The number of nitrogens with zero attached hydrogens (tertiary/aromatic N) is 2. The molecule has 1 amide bonds. The lowest BCUT2D eigenvalue weighted by Crippen LogP contribution is -2.29. The number of benzene rings is 3. The van der Waals surface area contributed by atoms with Gasteiger partial charge in [-0.25, -0.2) is 4.98 Å². The third kappa shape index (κ3) is 3.49. The van der Waals surface area contributed by atoms with E-state index in [9.17, 15) is 4.79 Å². The Bertz CT molecular complexity index is 1040. The highest BCUT2D eigenvalue weighted by Gasteiger charge is 2.21. The number of carbonyl (C=O) groups is 1. The SMILES string of the molecule is CC(c1nc2ccccc2s1)N(C)C(=O)c1ccc(-c2ccccc2)cc1. The number of thiazole rings is 1. The van der Waals surface area contributed by atoms with Gasteiger partial charge in [0.15, 0.2) is 0 Å². The normalized spacial score (nSPS) is 12.1. The van der Waals surface area contributed by atoms with Crippen LogP contribution in [-0.2, 0) is 0 Å². The molecule has 0 spiro atoms. The van der Waals surface area contributed by atoms with Crippen molar-refractivity contribution in [2.45, 2.75) is 13.0 Å². The van der Waals surface area contributed by atoms with Crippen LogP contribution in [0.15, 0.2) is 78.9 Å². The number of hydrogen-bond donors (Lipinski definition) is 0. The Morgan fingerprint density at radius 1 is 0.889 bits per heavy atom. The Balaban J connectivity index is 1.54. The van der Waals surface area contributed by atoms with E-state index < -0.39 is 0 Å². The molecule has 0 N–H and O–H groups in total. The van der Waals surface area contributed by atoms with E-state index >= 15 is 0 Å². The second-order valence-electron chi connectivity index (χ2n) is 6.56. The number of carbonyl (C=O) groups excluding carboxylic acids is 1. The number of hydrogen-bond acceptors (Lipinski definition) is 3. The summed E-state index contributed by atoms with van der Waals surface area (Å²) in [7, 11) is 1.84. The van der Waals surface area contributed by atoms with E-state index in [4.69, 9.17) is 0 Å². The number of rotatable bonds is 4. The molecule has 1 unspecified atom stereocenters. The molecule has 1 heterocycles. The molecule has 3 nitrogen and oxygen atoms in total. The number of aromatic nitrogens is 1. The maximum Gasteiger partial charge on any atom is 0.254 e. The fraction of sp³-hybridized carbons (Fsp3) is 0.130. The van der Waals surface area contributed by atoms with Crippen LogP contribution in [0.1, 0.15) is 28.3 Å². The lowest BCUT2D eigenvalue weighted by atomic mass is 10.0. The molecule has 134 valence electrons. The van der Waals surface area contributed by atoms with Gasteiger partial charge in [-0.3, -0.25) is 4.79 Å². The third-order valence-corrected chi connectivity index (χ3v) is 6.01. The van der Waals surface area contributed by atoms with Crippen molar-refractivity contribution in [3.8, 4) is 11.1 Å². The predicted molar refractivity (Wildman–Crippen MR) is 112 cm³/mol. The van der Waals surface area contributed by atoms with Crippen LogP contribution < -0.4 is 0 Å². The van der Waals surface area contributed by atoms with E-state index in [-0.39, 0.29) is 11.9 Å². The first-order valence-electron chi connectivity index (χ1n) is 8.91. The number of fused-ring (bicyclic) bond motifs is 1. The van der Waals surface area contributed by atoms with E-state index in [0.717, 1.165) is 26.4 Å². The van der Waals surface area contributed by atoms with Gasteiger partial charge in [-0.2, -0.15) is 0 Å². The van der Waals surface area contributed by atoms with Gasteiger partial charge < -0.3 is 4.90 Å². The summed E-state index contributed by atoms with van der Waals surface area (Å²) in [5, 5.41) is 0.952. The summed E-state index contributed by atoms with van der Waals surface area (Å²) in [4.78, 5) is 19.4. The molecule has 0 saturated carbocycles. The van der Waals surface area contributed by atoms with Gasteiger partial charge in [-0.05, 0) is 42.3 Å². The van der Waals surface area contributed by atoms with Gasteiger partial charge in [-0.1, -0.05) is 54.6 Å². The van der Waals surface area contributed by atoms with Crippen LogP contribution in [0.4, 0.5) is 0 Å². The second-order valence-corrected chi connectivity index (χ2v) is 7.62. The maximum absolute atomic E-state index is 12.9. The van der Waals surface area contributed by atoms with Crippen LogP contribution >= 0.6 is 11.3 Å². The summed E-state index contributed by atoms with van der Waals surface area (Å²) in [6, 6.07) is 25.9. The fourth-order valence-corrected chi connectivity index (χ4v) is 4.11. The lowest BCUT2D eigenvalue weighted by molar-refractivity contribution is 0.0742. The van der Waals surface area contributed by atoms with Gasteiger partial charge in [0.1, 0.15) is 5.01 Å². The molecule has 0 radical (unpaired) electrons. The van der Waals surface area contributed by atoms with Gasteiger partial charge in [0.2, 0.25) is 0 Å². The minimum absolute atomic E-state index is 0.00127. The van der Waals surface area contributed by atoms with Crippen molar-refractivity contribution in [2.75, 3.05) is 7.05 Å². The Hall–Kier alpha value is -2.98. The van der Waals surface area contributed by atoms with Crippen LogP contribution in [0, 0.1) is 0 Å². The quantitative estimate of drug-likeness (QED) is 0.454. The molecule has 4 rings (SSSR count). The van der Waals surface area contributed by atoms with E-state index in [1.54, 1.807) is 16.2 Å². The molecule has 0 saturated heterocycles. The molecule has 27 heavy (non-hydrogen) atoms. The number of para-hydroxylation sites is 1. The largest absolute Gasteiger partial charge is 0.333 e. The molecule has 1 atom stereocenters. The van der Waals surface area contributed by atoms with Crippen LogP contribution in [0.5, 0.6) is 0 Å². The van der Waals surface area contributed by atoms with E-state index in [1.165, 1.54) is 0 Å². The van der Waals surface area contributed by atoms with Crippen LogP contribution in [-0.4, -0.2) is 22.8 Å². The van der Waals surface area contributed by atoms with E-state index in [0.29, 0.717) is 5.56 Å². The lowest BCUT2D eigenvalue weighted by Gasteiger charge is -2.23. The molecule has 0 aliphatic carbocycles. The molecule has 4 aromatic rings. The first-order valence-corrected chi connectivity index (χ1v) is 9.73. The zero-order valence-corrected chi connectivity index (χ0v) is 16.1. The zero-order chi connectivity index (χ0) is 18.8. The van der Waals surface area contributed by atoms with Crippen molar-refractivity contribution in [3.05, 3.63) is 89.4 Å². The first kappa shape index (κ1) is 17.4. The highest BCUT2D eigenvalue weighted by molar-refractivity contribution is 7.18. The molecule has 3 aromatic carbocycles. The van der Waals surface area contributed by atoms with Crippen LogP contribution in [0.3, 0.4) is 0 Å². The molecule has 4 heteroatoms. The van der Waals surface area contributed by atoms with Gasteiger partial charge in [0.05, 0.1) is 16.3 Å². The highest BCUT2D eigenvalue weighted by atomic mass is 32.1. The van der Waals surface area contributed by atoms with E-state index in [1.807, 2.05) is 74.6 Å². The molecular formula is C23H20N2OS. The molecule has 0 fully saturated rings. The Morgan fingerprint density at radius 2 is 1.52 bits per heavy atom. The highest BCUT2D eigenvalue weighted by Crippen LogP contribution is 2.29. The maximum atomic E-state index is 12.9. The Labute approximate surface area is 162 Å². The number of amides is 1. The summed E-state index contributed by atoms with van der Waals surface area (Å²) in [5.74, 6) is 0.00127. The average molecular weight is 372 g/mol. The summed E-state index contributed by atoms with van der Waals surface area (Å²) >= 11 is 1.64. The van der Waals surface area contributed by atoms with Crippen molar-refractivity contribution in [2.24, 2.45) is 0 Å². The standard InChI is InChI=1S/C23H20N2OS/c1-16(22-24-20-10-6-7-11-21(20)27-22)25(2)23(26)19-14-12-18(13-15-19)17-8-4-3-5-9-17/h3-16H,1-2H3. The first-order chi connectivity index (χ1) is 13.1.